The van der Waals surface area contributed by atoms with E-state index < -0.39 is 5.97 Å². The van der Waals surface area contributed by atoms with Crippen molar-refractivity contribution >= 4 is 5.97 Å². The van der Waals surface area contributed by atoms with Crippen LogP contribution in [-0.4, -0.2) is 15.6 Å². The highest BCUT2D eigenvalue weighted by atomic mass is 16.4. The summed E-state index contributed by atoms with van der Waals surface area (Å²) in [6, 6.07) is 17.3. The van der Waals surface area contributed by atoms with Crippen molar-refractivity contribution in [2.24, 2.45) is 0 Å². The first kappa shape index (κ1) is 13.2. The Kier molecular flexibility index (Phi) is 3.32. The Morgan fingerprint density at radius 1 is 0.905 bits per heavy atom. The van der Waals surface area contributed by atoms with Crippen molar-refractivity contribution in [1.82, 2.24) is 4.57 Å². The average molecular weight is 277 g/mol. The molecule has 0 aliphatic heterocycles. The van der Waals surface area contributed by atoms with Crippen molar-refractivity contribution in [3.8, 4) is 16.8 Å². The minimum Gasteiger partial charge on any atom is -0.478 e. The second kappa shape index (κ2) is 5.29. The Bertz CT molecular complexity index is 768. The van der Waals surface area contributed by atoms with Gasteiger partial charge in [0, 0.05) is 18.1 Å². The van der Waals surface area contributed by atoms with E-state index in [4.69, 9.17) is 5.11 Å². The fourth-order valence-electron chi connectivity index (χ4n) is 2.25. The van der Waals surface area contributed by atoms with Gasteiger partial charge in [-0.15, -0.1) is 0 Å². The first-order chi connectivity index (χ1) is 10.1. The lowest BCUT2D eigenvalue weighted by Gasteiger charge is -2.03. The van der Waals surface area contributed by atoms with Gasteiger partial charge in [0.1, 0.15) is 0 Å². The quantitative estimate of drug-likeness (QED) is 0.781. The summed E-state index contributed by atoms with van der Waals surface area (Å²) in [7, 11) is 0. The number of rotatable bonds is 3. The summed E-state index contributed by atoms with van der Waals surface area (Å²) in [5, 5.41) is 8.92. The molecule has 104 valence electrons. The molecule has 0 aliphatic rings. The van der Waals surface area contributed by atoms with Gasteiger partial charge in [0.05, 0.1) is 5.56 Å². The summed E-state index contributed by atoms with van der Waals surface area (Å²) in [6.45, 7) is 2.06. The monoisotopic (exact) mass is 277 g/mol. The fourth-order valence-corrected chi connectivity index (χ4v) is 2.25. The number of nitrogens with zero attached hydrogens (tertiary/aromatic N) is 1. The second-order valence-corrected chi connectivity index (χ2v) is 5.03. The van der Waals surface area contributed by atoms with Crippen LogP contribution >= 0.6 is 0 Å². The molecule has 0 amide bonds. The molecule has 0 aliphatic carbocycles. The summed E-state index contributed by atoms with van der Waals surface area (Å²) in [5.74, 6) is -0.904. The van der Waals surface area contributed by atoms with Gasteiger partial charge in [0.25, 0.3) is 0 Å². The number of benzene rings is 2. The molecule has 0 saturated heterocycles. The number of carboxylic acid groups (broad SMARTS) is 1. The Morgan fingerprint density at radius 3 is 2.19 bits per heavy atom. The van der Waals surface area contributed by atoms with Crippen molar-refractivity contribution < 1.29 is 9.90 Å². The van der Waals surface area contributed by atoms with E-state index in [9.17, 15) is 4.79 Å². The van der Waals surface area contributed by atoms with E-state index in [1.807, 2.05) is 30.6 Å². The Labute approximate surface area is 123 Å². The summed E-state index contributed by atoms with van der Waals surface area (Å²) >= 11 is 0. The Morgan fingerprint density at radius 2 is 1.57 bits per heavy atom. The molecule has 0 saturated carbocycles. The van der Waals surface area contributed by atoms with Crippen LogP contribution in [0, 0.1) is 6.92 Å². The molecule has 0 spiro atoms. The number of hydrogen-bond donors (Lipinski definition) is 1. The fraction of sp³-hybridized carbons (Fsp3) is 0.0556. The maximum atomic E-state index is 10.9. The molecular formula is C18H15NO2. The van der Waals surface area contributed by atoms with Crippen molar-refractivity contribution in [2.75, 3.05) is 0 Å². The molecule has 1 aromatic heterocycles. The van der Waals surface area contributed by atoms with Crippen LogP contribution in [0.25, 0.3) is 16.8 Å². The summed E-state index contributed by atoms with van der Waals surface area (Å²) in [4.78, 5) is 10.9. The highest BCUT2D eigenvalue weighted by Crippen LogP contribution is 2.22. The zero-order valence-corrected chi connectivity index (χ0v) is 11.7. The zero-order chi connectivity index (χ0) is 14.8. The first-order valence-corrected chi connectivity index (χ1v) is 6.72. The summed E-state index contributed by atoms with van der Waals surface area (Å²) < 4.78 is 2.06. The van der Waals surface area contributed by atoms with Gasteiger partial charge in [-0.1, -0.05) is 29.8 Å². The highest BCUT2D eigenvalue weighted by molar-refractivity contribution is 5.88. The predicted molar refractivity (Wildman–Crippen MR) is 82.9 cm³/mol. The van der Waals surface area contributed by atoms with E-state index in [2.05, 4.69) is 35.8 Å². The molecule has 3 nitrogen and oxygen atoms in total. The molecule has 3 heteroatoms. The van der Waals surface area contributed by atoms with Crippen LogP contribution in [-0.2, 0) is 0 Å². The molecule has 0 unspecified atom stereocenters. The number of aryl methyl sites for hydroxylation is 1. The summed E-state index contributed by atoms with van der Waals surface area (Å²) in [5.41, 5.74) is 4.71. The number of hydrogen-bond acceptors (Lipinski definition) is 1. The van der Waals surface area contributed by atoms with Gasteiger partial charge < -0.3 is 9.67 Å². The van der Waals surface area contributed by atoms with Gasteiger partial charge in [-0.05, 0) is 48.4 Å². The molecule has 3 rings (SSSR count). The lowest BCUT2D eigenvalue weighted by Crippen LogP contribution is -1.94. The molecule has 1 N–H and O–H groups in total. The molecular weight excluding hydrogens is 262 g/mol. The van der Waals surface area contributed by atoms with Crippen molar-refractivity contribution in [3.05, 3.63) is 78.1 Å². The van der Waals surface area contributed by atoms with E-state index in [1.54, 1.807) is 12.1 Å². The van der Waals surface area contributed by atoms with Crippen LogP contribution in [0.15, 0.2) is 67.0 Å². The van der Waals surface area contributed by atoms with Crippen LogP contribution in [0.2, 0.25) is 0 Å². The van der Waals surface area contributed by atoms with E-state index in [0.717, 1.165) is 16.8 Å². The Balaban J connectivity index is 1.90. The molecule has 0 fully saturated rings. The second-order valence-electron chi connectivity index (χ2n) is 5.03. The highest BCUT2D eigenvalue weighted by Gasteiger charge is 2.05. The number of carboxylic acids is 1. The molecule has 2 aromatic carbocycles. The molecule has 0 radical (unpaired) electrons. The van der Waals surface area contributed by atoms with E-state index in [1.165, 1.54) is 5.56 Å². The SMILES string of the molecule is Cc1ccc(-n2ccc(-c3ccc(C(=O)O)cc3)c2)cc1. The Hall–Kier alpha value is -2.81. The van der Waals surface area contributed by atoms with Gasteiger partial charge in [0.2, 0.25) is 0 Å². The van der Waals surface area contributed by atoms with Crippen LogP contribution in [0.3, 0.4) is 0 Å². The molecule has 1 heterocycles. The first-order valence-electron chi connectivity index (χ1n) is 6.72. The third kappa shape index (κ3) is 2.72. The largest absolute Gasteiger partial charge is 0.478 e. The van der Waals surface area contributed by atoms with Gasteiger partial charge in [-0.3, -0.25) is 0 Å². The van der Waals surface area contributed by atoms with Gasteiger partial charge in [0.15, 0.2) is 0 Å². The maximum Gasteiger partial charge on any atom is 0.335 e. The average Bonchev–Trinajstić information content (AvgIpc) is 2.98. The lowest BCUT2D eigenvalue weighted by atomic mass is 10.1. The molecule has 0 bridgehead atoms. The number of aromatic nitrogens is 1. The molecule has 21 heavy (non-hydrogen) atoms. The van der Waals surface area contributed by atoms with Crippen molar-refractivity contribution in [1.29, 1.82) is 0 Å². The minimum atomic E-state index is -0.904. The van der Waals surface area contributed by atoms with Crippen molar-refractivity contribution in [2.45, 2.75) is 6.92 Å². The van der Waals surface area contributed by atoms with Crippen LogP contribution < -0.4 is 0 Å². The zero-order valence-electron chi connectivity index (χ0n) is 11.7. The third-order valence-electron chi connectivity index (χ3n) is 3.49. The van der Waals surface area contributed by atoms with Crippen molar-refractivity contribution in [3.63, 3.8) is 0 Å². The van der Waals surface area contributed by atoms with Gasteiger partial charge in [-0.2, -0.15) is 0 Å². The van der Waals surface area contributed by atoms with Crippen LogP contribution in [0.5, 0.6) is 0 Å². The predicted octanol–water partition coefficient (Wildman–Crippen LogP) is 4.15. The molecule has 0 atom stereocenters. The topological polar surface area (TPSA) is 42.2 Å². The smallest absolute Gasteiger partial charge is 0.335 e. The van der Waals surface area contributed by atoms with E-state index in [-0.39, 0.29) is 0 Å². The summed E-state index contributed by atoms with van der Waals surface area (Å²) in [6.07, 6.45) is 4.05. The number of carbonyl (C=O) groups is 1. The third-order valence-corrected chi connectivity index (χ3v) is 3.49. The standard InChI is InChI=1S/C18H15NO2/c1-13-2-8-17(9-3-13)19-11-10-16(12-19)14-4-6-15(7-5-14)18(20)21/h2-12H,1H3,(H,20,21). The van der Waals surface area contributed by atoms with Gasteiger partial charge in [-0.25, -0.2) is 4.79 Å². The maximum absolute atomic E-state index is 10.9. The van der Waals surface area contributed by atoms with Crippen LogP contribution in [0.1, 0.15) is 15.9 Å². The molecule has 3 aromatic rings. The minimum absolute atomic E-state index is 0.303. The van der Waals surface area contributed by atoms with Gasteiger partial charge >= 0.3 is 5.97 Å². The van der Waals surface area contributed by atoms with E-state index in [0.29, 0.717) is 5.56 Å². The van der Waals surface area contributed by atoms with E-state index >= 15 is 0 Å². The normalized spacial score (nSPS) is 10.5. The van der Waals surface area contributed by atoms with Crippen LogP contribution in [0.4, 0.5) is 0 Å². The number of aromatic carboxylic acids is 1. The lowest BCUT2D eigenvalue weighted by molar-refractivity contribution is 0.0697.